The molecular formula is C19H20F3N7O. The van der Waals surface area contributed by atoms with Gasteiger partial charge in [0.15, 0.2) is 5.82 Å². The van der Waals surface area contributed by atoms with Gasteiger partial charge >= 0.3 is 6.18 Å². The normalized spacial score (nSPS) is 17.0. The number of nitrogens with one attached hydrogen (secondary N) is 2. The number of nitrogens with zero attached hydrogens (tertiary/aromatic N) is 5. The fourth-order valence-corrected chi connectivity index (χ4v) is 2.29. The molecule has 0 radical (unpaired) electrons. The van der Waals surface area contributed by atoms with E-state index in [0.29, 0.717) is 11.4 Å². The van der Waals surface area contributed by atoms with Gasteiger partial charge in [-0.2, -0.15) is 28.1 Å². The van der Waals surface area contributed by atoms with Gasteiger partial charge < -0.3 is 15.7 Å². The van der Waals surface area contributed by atoms with E-state index in [9.17, 15) is 18.3 Å². The molecule has 0 saturated carbocycles. The molecule has 0 aliphatic rings. The Bertz CT molecular complexity index is 1180. The summed E-state index contributed by atoms with van der Waals surface area (Å²) in [7, 11) is 0. The van der Waals surface area contributed by atoms with Crippen LogP contribution in [0.5, 0.6) is 0 Å². The van der Waals surface area contributed by atoms with Gasteiger partial charge in [-0.3, -0.25) is 4.98 Å². The van der Waals surface area contributed by atoms with E-state index in [2.05, 4.69) is 35.6 Å². The highest BCUT2D eigenvalue weighted by Gasteiger charge is 2.32. The first kappa shape index (κ1) is 16.5. The van der Waals surface area contributed by atoms with Crippen LogP contribution in [-0.4, -0.2) is 42.1 Å². The lowest BCUT2D eigenvalue weighted by atomic mass is 10.1. The van der Waals surface area contributed by atoms with Crippen molar-refractivity contribution in [1.29, 1.82) is 0 Å². The van der Waals surface area contributed by atoms with Crippen LogP contribution in [0, 0.1) is 6.92 Å². The van der Waals surface area contributed by atoms with Gasteiger partial charge in [0.2, 0.25) is 11.9 Å². The van der Waals surface area contributed by atoms with Crippen molar-refractivity contribution in [2.24, 2.45) is 0 Å². The molecule has 3 aromatic rings. The summed E-state index contributed by atoms with van der Waals surface area (Å²) in [6.45, 7) is -2.05. The summed E-state index contributed by atoms with van der Waals surface area (Å²) < 4.78 is 69.8. The van der Waals surface area contributed by atoms with Crippen LogP contribution in [0.2, 0.25) is 0 Å². The van der Waals surface area contributed by atoms with Crippen molar-refractivity contribution in [1.82, 2.24) is 24.9 Å². The number of halogens is 3. The lowest BCUT2D eigenvalue weighted by molar-refractivity contribution is -0.141. The molecule has 0 spiro atoms. The van der Waals surface area contributed by atoms with Gasteiger partial charge in [0.05, 0.1) is 6.97 Å². The average Bonchev–Trinajstić information content (AvgIpc) is 2.72. The monoisotopic (exact) mass is 423 g/mol. The lowest BCUT2D eigenvalue weighted by Gasteiger charge is -2.18. The van der Waals surface area contributed by atoms with Crippen LogP contribution in [0.3, 0.4) is 0 Å². The van der Waals surface area contributed by atoms with Crippen molar-refractivity contribution in [3.8, 4) is 11.5 Å². The van der Waals surface area contributed by atoms with Gasteiger partial charge in [-0.25, -0.2) is 4.98 Å². The van der Waals surface area contributed by atoms with Crippen LogP contribution in [0.1, 0.15) is 30.6 Å². The van der Waals surface area contributed by atoms with Crippen LogP contribution in [0.15, 0.2) is 36.5 Å². The van der Waals surface area contributed by atoms with Gasteiger partial charge in [-0.1, -0.05) is 6.07 Å². The maximum absolute atomic E-state index is 13.1. The molecule has 3 aromatic heterocycles. The number of aliphatic hydroxyl groups is 1. The van der Waals surface area contributed by atoms with E-state index in [-0.39, 0.29) is 23.4 Å². The maximum Gasteiger partial charge on any atom is 0.433 e. The molecule has 2 atom stereocenters. The summed E-state index contributed by atoms with van der Waals surface area (Å²) in [5, 5.41) is 15.5. The molecule has 30 heavy (non-hydrogen) atoms. The summed E-state index contributed by atoms with van der Waals surface area (Å²) in [5.74, 6) is -0.766. The highest BCUT2D eigenvalue weighted by molar-refractivity contribution is 5.59. The highest BCUT2D eigenvalue weighted by atomic mass is 19.4. The molecule has 2 unspecified atom stereocenters. The second-order valence-electron chi connectivity index (χ2n) is 6.46. The zero-order valence-electron chi connectivity index (χ0n) is 19.9. The predicted molar refractivity (Wildman–Crippen MR) is 105 cm³/mol. The molecule has 0 bridgehead atoms. The molecule has 0 aromatic carbocycles. The molecular weight excluding hydrogens is 399 g/mol. The standard InChI is InChI=1S/C19H20F3N7O/c1-11-9-12(7-8-23-11)25-17-28-15(27-16(29-17)24-10-18(2,3)30)13-5-4-6-14(26-13)19(20,21)22/h4-9,30H,10H2,1-3H3,(H2,23,24,25,27,28,29)/i2D3,10D. The summed E-state index contributed by atoms with van der Waals surface area (Å²) in [6.07, 6.45) is -3.19. The minimum absolute atomic E-state index is 0.127. The Labute approximate surface area is 176 Å². The Morgan fingerprint density at radius 3 is 2.60 bits per heavy atom. The Kier molecular flexibility index (Phi) is 4.49. The van der Waals surface area contributed by atoms with E-state index in [1.807, 2.05) is 0 Å². The smallest absolute Gasteiger partial charge is 0.389 e. The van der Waals surface area contributed by atoms with Gasteiger partial charge in [0.25, 0.3) is 0 Å². The summed E-state index contributed by atoms with van der Waals surface area (Å²) in [5.41, 5.74) is -2.73. The molecule has 0 amide bonds. The molecule has 3 N–H and O–H groups in total. The third-order valence-electron chi connectivity index (χ3n) is 3.54. The second kappa shape index (κ2) is 8.19. The molecule has 0 aliphatic heterocycles. The molecule has 3 rings (SSSR count). The predicted octanol–water partition coefficient (Wildman–Crippen LogP) is 3.58. The number of pyridine rings is 2. The van der Waals surface area contributed by atoms with E-state index >= 15 is 0 Å². The topological polar surface area (TPSA) is 109 Å². The van der Waals surface area contributed by atoms with Gasteiger partial charge in [0, 0.05) is 28.2 Å². The Balaban J connectivity index is 2.05. The fraction of sp³-hybridized carbons (Fsp3) is 0.316. The van der Waals surface area contributed by atoms with Crippen molar-refractivity contribution in [3.63, 3.8) is 0 Å². The van der Waals surface area contributed by atoms with Crippen LogP contribution in [0.25, 0.3) is 11.5 Å². The molecule has 158 valence electrons. The Morgan fingerprint density at radius 2 is 1.90 bits per heavy atom. The molecule has 11 heteroatoms. The highest BCUT2D eigenvalue weighted by Crippen LogP contribution is 2.29. The second-order valence-corrected chi connectivity index (χ2v) is 6.46. The number of alkyl halides is 3. The first-order valence-electron chi connectivity index (χ1n) is 10.7. The molecule has 3 heterocycles. The molecule has 8 nitrogen and oxygen atoms in total. The molecule has 0 saturated heterocycles. The Morgan fingerprint density at radius 1 is 1.13 bits per heavy atom. The number of rotatable bonds is 6. The summed E-state index contributed by atoms with van der Waals surface area (Å²) in [6, 6.07) is 6.43. The SMILES string of the molecule is [2H]C(Nc1nc(Nc2ccnc(C)c2)nc(-c2cccc(C(F)(F)F)n2)n1)C(C)(O)C([2H])([2H])[2H]. The van der Waals surface area contributed by atoms with Crippen molar-refractivity contribution in [2.45, 2.75) is 32.5 Å². The third kappa shape index (κ3) is 5.83. The van der Waals surface area contributed by atoms with E-state index < -0.39 is 30.8 Å². The minimum atomic E-state index is -4.70. The first-order chi connectivity index (χ1) is 15.7. The van der Waals surface area contributed by atoms with E-state index in [4.69, 9.17) is 5.48 Å². The van der Waals surface area contributed by atoms with Gasteiger partial charge in [-0.15, -0.1) is 0 Å². The number of anilines is 3. The van der Waals surface area contributed by atoms with E-state index in [1.165, 1.54) is 12.3 Å². The number of hydrogen-bond donors (Lipinski definition) is 3. The largest absolute Gasteiger partial charge is 0.433 e. The lowest BCUT2D eigenvalue weighted by Crippen LogP contribution is -2.30. The Hall–Kier alpha value is -3.34. The van der Waals surface area contributed by atoms with Crippen LogP contribution in [-0.2, 0) is 6.18 Å². The number of aryl methyl sites for hydroxylation is 1. The van der Waals surface area contributed by atoms with E-state index in [0.717, 1.165) is 19.1 Å². The van der Waals surface area contributed by atoms with Crippen LogP contribution >= 0.6 is 0 Å². The third-order valence-corrected chi connectivity index (χ3v) is 3.54. The van der Waals surface area contributed by atoms with Crippen molar-refractivity contribution in [2.75, 3.05) is 17.2 Å². The van der Waals surface area contributed by atoms with E-state index in [1.54, 1.807) is 19.1 Å². The van der Waals surface area contributed by atoms with Crippen molar-refractivity contribution >= 4 is 17.6 Å². The molecule has 0 aliphatic carbocycles. The van der Waals surface area contributed by atoms with Crippen LogP contribution in [0.4, 0.5) is 30.8 Å². The zero-order valence-corrected chi connectivity index (χ0v) is 15.9. The summed E-state index contributed by atoms with van der Waals surface area (Å²) in [4.78, 5) is 19.8. The quantitative estimate of drug-likeness (QED) is 0.552. The zero-order chi connectivity index (χ0) is 25.3. The maximum atomic E-state index is 13.1. The van der Waals surface area contributed by atoms with Gasteiger partial charge in [0.1, 0.15) is 11.4 Å². The van der Waals surface area contributed by atoms with Crippen molar-refractivity contribution in [3.05, 3.63) is 47.9 Å². The first-order valence-corrected chi connectivity index (χ1v) is 8.58. The van der Waals surface area contributed by atoms with Crippen molar-refractivity contribution < 1.29 is 23.8 Å². The fourth-order valence-electron chi connectivity index (χ4n) is 2.29. The number of aromatic nitrogens is 5. The minimum Gasteiger partial charge on any atom is -0.389 e. The van der Waals surface area contributed by atoms with Gasteiger partial charge in [-0.05, 0) is 45.0 Å². The molecule has 0 fully saturated rings. The summed E-state index contributed by atoms with van der Waals surface area (Å²) >= 11 is 0. The average molecular weight is 423 g/mol. The number of hydrogen-bond acceptors (Lipinski definition) is 8. The van der Waals surface area contributed by atoms with Crippen LogP contribution < -0.4 is 10.6 Å².